The molecule has 7 nitrogen and oxygen atoms in total. The van der Waals surface area contributed by atoms with Crippen LogP contribution >= 0.6 is 0 Å². The van der Waals surface area contributed by atoms with Crippen molar-refractivity contribution in [2.24, 2.45) is 4.99 Å². The maximum Gasteiger partial charge on any atom is 0.199 e. The number of ketones is 1. The van der Waals surface area contributed by atoms with Gasteiger partial charge in [-0.25, -0.2) is 4.99 Å². The molecule has 0 aliphatic heterocycles. The zero-order valence-corrected chi connectivity index (χ0v) is 20.5. The molecule has 0 radical (unpaired) electrons. The number of carbonyl (C=O) groups is 1. The van der Waals surface area contributed by atoms with Crippen molar-refractivity contribution in [2.45, 2.75) is 13.5 Å². The number of rotatable bonds is 8. The Morgan fingerprint density at radius 3 is 2.17 bits per heavy atom. The summed E-state index contributed by atoms with van der Waals surface area (Å²) in [5, 5.41) is 11.7. The fourth-order valence-corrected chi connectivity index (χ4v) is 4.02. The number of H-pyrrole nitrogens is 1. The number of hydrogen-bond donors (Lipinski definition) is 2. The van der Waals surface area contributed by atoms with Crippen molar-refractivity contribution in [1.29, 1.82) is 0 Å². The van der Waals surface area contributed by atoms with Gasteiger partial charge in [-0.1, -0.05) is 12.1 Å². The summed E-state index contributed by atoms with van der Waals surface area (Å²) in [6.45, 7) is 2.34. The fraction of sp³-hybridized carbons (Fsp3) is 0.214. The van der Waals surface area contributed by atoms with Gasteiger partial charge >= 0.3 is 0 Å². The molecule has 4 rings (SSSR count). The van der Waals surface area contributed by atoms with Gasteiger partial charge in [-0.05, 0) is 69.0 Å². The third-order valence-corrected chi connectivity index (χ3v) is 5.72. The van der Waals surface area contributed by atoms with Crippen LogP contribution < -0.4 is 9.47 Å². The van der Waals surface area contributed by atoms with Gasteiger partial charge in [0.2, 0.25) is 0 Å². The molecule has 0 aliphatic rings. The summed E-state index contributed by atoms with van der Waals surface area (Å²) < 4.78 is 11.0. The Morgan fingerprint density at radius 1 is 0.943 bits per heavy atom. The van der Waals surface area contributed by atoms with E-state index in [1.807, 2.05) is 50.5 Å². The molecule has 1 heterocycles. The van der Waals surface area contributed by atoms with E-state index in [0.717, 1.165) is 12.2 Å². The highest BCUT2D eigenvalue weighted by Crippen LogP contribution is 2.34. The van der Waals surface area contributed by atoms with Crippen LogP contribution in [0.2, 0.25) is 0 Å². The first-order valence-electron chi connectivity index (χ1n) is 11.2. The molecule has 7 heteroatoms. The second-order valence-electron chi connectivity index (χ2n) is 8.63. The van der Waals surface area contributed by atoms with Crippen LogP contribution in [0.3, 0.4) is 0 Å². The lowest BCUT2D eigenvalue weighted by Gasteiger charge is -2.12. The van der Waals surface area contributed by atoms with E-state index in [9.17, 15) is 9.90 Å². The van der Waals surface area contributed by atoms with Gasteiger partial charge in [0, 0.05) is 34.6 Å². The molecule has 4 aromatic rings. The minimum atomic E-state index is -0.0587. The predicted molar refractivity (Wildman–Crippen MR) is 139 cm³/mol. The van der Waals surface area contributed by atoms with Gasteiger partial charge in [-0.3, -0.25) is 4.79 Å². The summed E-state index contributed by atoms with van der Waals surface area (Å²) in [6, 6.07) is 18.7. The van der Waals surface area contributed by atoms with Crippen molar-refractivity contribution in [2.75, 3.05) is 28.3 Å². The van der Waals surface area contributed by atoms with Gasteiger partial charge in [0.15, 0.2) is 11.7 Å². The van der Waals surface area contributed by atoms with E-state index in [1.165, 1.54) is 12.5 Å². The quantitative estimate of drug-likeness (QED) is 0.268. The minimum absolute atomic E-state index is 0.0366. The second-order valence-corrected chi connectivity index (χ2v) is 8.63. The van der Waals surface area contributed by atoms with Crippen molar-refractivity contribution >= 4 is 28.1 Å². The van der Waals surface area contributed by atoms with Crippen molar-refractivity contribution in [3.63, 3.8) is 0 Å². The first-order chi connectivity index (χ1) is 16.8. The number of aromatic nitrogens is 1. The zero-order chi connectivity index (χ0) is 25.1. The maximum atomic E-state index is 12.1. The van der Waals surface area contributed by atoms with Crippen molar-refractivity contribution in [3.8, 4) is 17.4 Å². The van der Waals surface area contributed by atoms with E-state index in [1.54, 1.807) is 38.5 Å². The Balaban J connectivity index is 1.96. The van der Waals surface area contributed by atoms with E-state index in [-0.39, 0.29) is 11.7 Å². The molecular formula is C28H29N3O4. The standard InChI is InChI=1S/C28H29N3O4/c1-17(32)19-8-11-25-24(14-19)26(28(33)30-25)27(20-12-22(34-4)15-23(13-20)35-5)29-21-9-6-18(7-10-21)16-31(2)3/h6-15,30,33H,16H2,1-5H3. The molecular weight excluding hydrogens is 442 g/mol. The van der Waals surface area contributed by atoms with Crippen molar-refractivity contribution in [3.05, 3.63) is 82.9 Å². The highest BCUT2D eigenvalue weighted by molar-refractivity contribution is 6.22. The number of aromatic amines is 1. The number of hydrogen-bond acceptors (Lipinski definition) is 6. The Kier molecular flexibility index (Phi) is 6.89. The maximum absolute atomic E-state index is 12.1. The summed E-state index contributed by atoms with van der Waals surface area (Å²) in [6.07, 6.45) is 0. The van der Waals surface area contributed by atoms with Crippen LogP contribution in [0.4, 0.5) is 5.69 Å². The molecule has 0 saturated heterocycles. The largest absolute Gasteiger partial charge is 0.497 e. The Hall–Kier alpha value is -4.10. The average Bonchev–Trinajstić information content (AvgIpc) is 3.17. The van der Waals surface area contributed by atoms with Crippen molar-refractivity contribution < 1.29 is 19.4 Å². The Bertz CT molecular complexity index is 1380. The highest BCUT2D eigenvalue weighted by Gasteiger charge is 2.21. The van der Waals surface area contributed by atoms with Crippen LogP contribution in [0.5, 0.6) is 17.4 Å². The lowest BCUT2D eigenvalue weighted by Crippen LogP contribution is -2.10. The smallest absolute Gasteiger partial charge is 0.199 e. The predicted octanol–water partition coefficient (Wildman–Crippen LogP) is 5.32. The molecule has 1 aromatic heterocycles. The van der Waals surface area contributed by atoms with Crippen LogP contribution in [0.25, 0.3) is 10.9 Å². The van der Waals surface area contributed by atoms with E-state index in [4.69, 9.17) is 14.5 Å². The number of benzene rings is 3. The fourth-order valence-electron chi connectivity index (χ4n) is 4.02. The molecule has 0 saturated carbocycles. The number of ether oxygens (including phenoxy) is 2. The molecule has 0 bridgehead atoms. The number of carbonyl (C=O) groups excluding carboxylic acids is 1. The molecule has 0 unspecified atom stereocenters. The van der Waals surface area contributed by atoms with E-state index >= 15 is 0 Å². The van der Waals surface area contributed by atoms with Crippen LogP contribution in [-0.4, -0.2) is 54.8 Å². The topological polar surface area (TPSA) is 87.2 Å². The van der Waals surface area contributed by atoms with E-state index < -0.39 is 0 Å². The van der Waals surface area contributed by atoms with Gasteiger partial charge in [-0.15, -0.1) is 0 Å². The Labute approximate surface area is 204 Å². The normalized spacial score (nSPS) is 11.8. The summed E-state index contributed by atoms with van der Waals surface area (Å²) in [5.41, 5.74) is 4.85. The van der Waals surface area contributed by atoms with E-state index in [0.29, 0.717) is 44.8 Å². The highest BCUT2D eigenvalue weighted by atomic mass is 16.5. The molecule has 0 atom stereocenters. The number of Topliss-reactive ketones (excluding diaryl/α,β-unsaturated/α-hetero) is 1. The van der Waals surface area contributed by atoms with Gasteiger partial charge in [-0.2, -0.15) is 0 Å². The zero-order valence-electron chi connectivity index (χ0n) is 20.5. The van der Waals surface area contributed by atoms with Gasteiger partial charge in [0.25, 0.3) is 0 Å². The number of nitrogens with one attached hydrogen (secondary N) is 1. The summed E-state index contributed by atoms with van der Waals surface area (Å²) in [5.74, 6) is 1.09. The van der Waals surface area contributed by atoms with Crippen LogP contribution in [-0.2, 0) is 6.54 Å². The number of aliphatic imine (C=N–C) groups is 1. The average molecular weight is 472 g/mol. The number of fused-ring (bicyclic) bond motifs is 1. The molecule has 2 N–H and O–H groups in total. The SMILES string of the molecule is COc1cc(OC)cc(C(=Nc2ccc(CN(C)C)cc2)c2c(O)[nH]c3ccc(C(C)=O)cc23)c1. The number of aromatic hydroxyl groups is 1. The summed E-state index contributed by atoms with van der Waals surface area (Å²) >= 11 is 0. The first kappa shape index (κ1) is 24.0. The molecule has 0 spiro atoms. The lowest BCUT2D eigenvalue weighted by molar-refractivity contribution is 0.101. The minimum Gasteiger partial charge on any atom is -0.497 e. The van der Waals surface area contributed by atoms with Crippen LogP contribution in [0.15, 0.2) is 65.7 Å². The van der Waals surface area contributed by atoms with Gasteiger partial charge in [0.05, 0.1) is 31.2 Å². The lowest BCUT2D eigenvalue weighted by atomic mass is 9.98. The second kappa shape index (κ2) is 10.0. The number of nitrogens with zero attached hydrogens (tertiary/aromatic N) is 2. The van der Waals surface area contributed by atoms with Gasteiger partial charge < -0.3 is 24.5 Å². The first-order valence-corrected chi connectivity index (χ1v) is 11.2. The third-order valence-electron chi connectivity index (χ3n) is 5.72. The molecule has 0 fully saturated rings. The monoisotopic (exact) mass is 471 g/mol. The van der Waals surface area contributed by atoms with Crippen molar-refractivity contribution in [1.82, 2.24) is 9.88 Å². The van der Waals surface area contributed by atoms with Crippen LogP contribution in [0.1, 0.15) is 34.0 Å². The molecule has 0 amide bonds. The molecule has 180 valence electrons. The summed E-state index contributed by atoms with van der Waals surface area (Å²) in [4.78, 5) is 22.1. The molecule has 3 aromatic carbocycles. The van der Waals surface area contributed by atoms with Crippen LogP contribution in [0, 0.1) is 0 Å². The summed E-state index contributed by atoms with van der Waals surface area (Å²) in [7, 11) is 7.22. The van der Waals surface area contributed by atoms with E-state index in [2.05, 4.69) is 9.88 Å². The third kappa shape index (κ3) is 5.20. The molecule has 0 aliphatic carbocycles. The van der Waals surface area contributed by atoms with Gasteiger partial charge in [0.1, 0.15) is 11.5 Å². The Morgan fingerprint density at radius 2 is 1.60 bits per heavy atom. The number of methoxy groups -OCH3 is 2. The molecule has 35 heavy (non-hydrogen) atoms.